The van der Waals surface area contributed by atoms with E-state index in [4.69, 9.17) is 23.2 Å². The van der Waals surface area contributed by atoms with Gasteiger partial charge in [-0.1, -0.05) is 37.0 Å². The second-order valence-electron chi connectivity index (χ2n) is 4.55. The van der Waals surface area contributed by atoms with Crippen molar-refractivity contribution >= 4 is 34.0 Å². The molecule has 0 spiro atoms. The van der Waals surface area contributed by atoms with Crippen molar-refractivity contribution in [3.05, 3.63) is 28.2 Å². The zero-order valence-corrected chi connectivity index (χ0v) is 13.9. The summed E-state index contributed by atoms with van der Waals surface area (Å²) in [4.78, 5) is 0.624. The Kier molecular flexibility index (Phi) is 7.37. The number of benzene rings is 1. The lowest BCUT2D eigenvalue weighted by atomic mass is 10.1. The molecule has 1 rings (SSSR count). The summed E-state index contributed by atoms with van der Waals surface area (Å²) in [7, 11) is -1.16. The zero-order chi connectivity index (χ0) is 14.4. The van der Waals surface area contributed by atoms with Crippen molar-refractivity contribution in [3.8, 4) is 0 Å². The van der Waals surface area contributed by atoms with Crippen LogP contribution in [0.4, 0.5) is 0 Å². The molecule has 1 aromatic rings. The first-order valence-electron chi connectivity index (χ1n) is 6.60. The molecule has 0 aliphatic rings. The van der Waals surface area contributed by atoms with Gasteiger partial charge in [-0.3, -0.25) is 4.21 Å². The van der Waals surface area contributed by atoms with E-state index >= 15 is 0 Å². The lowest BCUT2D eigenvalue weighted by Crippen LogP contribution is -2.40. The third kappa shape index (κ3) is 4.75. The molecule has 0 radical (unpaired) electrons. The number of rotatable bonds is 7. The molecular weight excluding hydrogens is 301 g/mol. The fourth-order valence-electron chi connectivity index (χ4n) is 1.95. The number of nitrogens with one attached hydrogen (secondary N) is 1. The van der Waals surface area contributed by atoms with Crippen LogP contribution in [0.5, 0.6) is 0 Å². The Morgan fingerprint density at radius 1 is 1.32 bits per heavy atom. The molecule has 0 bridgehead atoms. The zero-order valence-electron chi connectivity index (χ0n) is 11.6. The summed E-state index contributed by atoms with van der Waals surface area (Å²) in [5.74, 6) is 0. The van der Waals surface area contributed by atoms with E-state index in [2.05, 4.69) is 19.2 Å². The third-order valence-corrected chi connectivity index (χ3v) is 5.56. The topological polar surface area (TPSA) is 29.1 Å². The van der Waals surface area contributed by atoms with Crippen LogP contribution in [-0.2, 0) is 10.8 Å². The van der Waals surface area contributed by atoms with Crippen molar-refractivity contribution in [2.24, 2.45) is 0 Å². The fraction of sp³-hybridized carbons (Fsp3) is 0.571. The van der Waals surface area contributed by atoms with E-state index in [-0.39, 0.29) is 11.3 Å². The van der Waals surface area contributed by atoms with Crippen LogP contribution < -0.4 is 5.32 Å². The minimum absolute atomic E-state index is 0.00693. The largest absolute Gasteiger partial charge is 0.313 e. The first kappa shape index (κ1) is 17.0. The van der Waals surface area contributed by atoms with Crippen LogP contribution in [0.1, 0.15) is 33.6 Å². The van der Waals surface area contributed by atoms with E-state index in [0.717, 1.165) is 19.4 Å². The van der Waals surface area contributed by atoms with E-state index < -0.39 is 10.8 Å². The molecule has 0 saturated heterocycles. The molecule has 0 aliphatic carbocycles. The Labute approximate surface area is 128 Å². The molecule has 0 aromatic heterocycles. The highest BCUT2D eigenvalue weighted by Crippen LogP contribution is 2.26. The molecule has 3 unspecified atom stereocenters. The molecule has 108 valence electrons. The summed E-state index contributed by atoms with van der Waals surface area (Å²) in [6.45, 7) is 7.14. The molecule has 0 aliphatic heterocycles. The lowest BCUT2D eigenvalue weighted by molar-refractivity contribution is 0.486. The Morgan fingerprint density at radius 3 is 2.58 bits per heavy atom. The normalized spacial score (nSPS) is 16.1. The van der Waals surface area contributed by atoms with E-state index in [1.807, 2.05) is 6.92 Å². The van der Waals surface area contributed by atoms with Gasteiger partial charge in [0, 0.05) is 11.1 Å². The van der Waals surface area contributed by atoms with Gasteiger partial charge in [-0.15, -0.1) is 0 Å². The summed E-state index contributed by atoms with van der Waals surface area (Å²) in [5, 5.41) is 4.51. The van der Waals surface area contributed by atoms with Gasteiger partial charge in [-0.25, -0.2) is 0 Å². The van der Waals surface area contributed by atoms with Crippen molar-refractivity contribution in [2.45, 2.75) is 49.8 Å². The maximum absolute atomic E-state index is 12.6. The highest BCUT2D eigenvalue weighted by atomic mass is 35.5. The number of hydrogen-bond acceptors (Lipinski definition) is 2. The summed E-state index contributed by atoms with van der Waals surface area (Å²) in [5.41, 5.74) is 0. The average Bonchev–Trinajstić information content (AvgIpc) is 2.41. The summed E-state index contributed by atoms with van der Waals surface area (Å²) in [6, 6.07) is 5.32. The van der Waals surface area contributed by atoms with Crippen molar-refractivity contribution in [2.75, 3.05) is 6.54 Å². The van der Waals surface area contributed by atoms with Gasteiger partial charge in [0.2, 0.25) is 0 Å². The van der Waals surface area contributed by atoms with Crippen molar-refractivity contribution in [3.63, 3.8) is 0 Å². The predicted molar refractivity (Wildman–Crippen MR) is 84.7 cm³/mol. The maximum Gasteiger partial charge on any atom is 0.0592 e. The molecule has 19 heavy (non-hydrogen) atoms. The molecule has 5 heteroatoms. The van der Waals surface area contributed by atoms with Crippen molar-refractivity contribution in [1.82, 2.24) is 5.32 Å². The fourth-order valence-corrected chi connectivity index (χ4v) is 4.03. The van der Waals surface area contributed by atoms with E-state index in [0.29, 0.717) is 14.9 Å². The Morgan fingerprint density at radius 2 is 2.00 bits per heavy atom. The molecule has 1 N–H and O–H groups in total. The SMILES string of the molecule is CCCNC(CC)C(C)S(=O)c1cc(Cl)ccc1Cl. The minimum atomic E-state index is -1.16. The molecule has 2 nitrogen and oxygen atoms in total. The minimum Gasteiger partial charge on any atom is -0.313 e. The van der Waals surface area contributed by atoms with Crippen LogP contribution in [-0.4, -0.2) is 22.0 Å². The summed E-state index contributed by atoms with van der Waals surface area (Å²) in [6.07, 6.45) is 2.00. The van der Waals surface area contributed by atoms with Crippen LogP contribution in [0, 0.1) is 0 Å². The van der Waals surface area contributed by atoms with Gasteiger partial charge in [0.05, 0.1) is 26.0 Å². The van der Waals surface area contributed by atoms with Gasteiger partial charge >= 0.3 is 0 Å². The van der Waals surface area contributed by atoms with Gasteiger partial charge in [0.25, 0.3) is 0 Å². The predicted octanol–water partition coefficient (Wildman–Crippen LogP) is 4.27. The molecule has 0 fully saturated rings. The second-order valence-corrected chi connectivity index (χ2v) is 7.17. The van der Waals surface area contributed by atoms with E-state index in [1.54, 1.807) is 18.2 Å². The molecular formula is C14H21Cl2NOS. The van der Waals surface area contributed by atoms with E-state index in [9.17, 15) is 4.21 Å². The Hall–Kier alpha value is -0.0900. The Bertz CT molecular complexity index is 439. The molecule has 1 aromatic carbocycles. The van der Waals surface area contributed by atoms with Crippen LogP contribution >= 0.6 is 23.2 Å². The quantitative estimate of drug-likeness (QED) is 0.812. The third-order valence-electron chi connectivity index (χ3n) is 3.11. The number of halogens is 2. The summed E-state index contributed by atoms with van der Waals surface area (Å²) >= 11 is 12.1. The highest BCUT2D eigenvalue weighted by Gasteiger charge is 2.23. The first-order valence-corrected chi connectivity index (χ1v) is 8.57. The number of hydrogen-bond donors (Lipinski definition) is 1. The van der Waals surface area contributed by atoms with Crippen molar-refractivity contribution in [1.29, 1.82) is 0 Å². The van der Waals surface area contributed by atoms with Crippen LogP contribution in [0.15, 0.2) is 23.1 Å². The van der Waals surface area contributed by atoms with Gasteiger partial charge in [-0.05, 0) is 44.5 Å². The van der Waals surface area contributed by atoms with Gasteiger partial charge in [-0.2, -0.15) is 0 Å². The van der Waals surface area contributed by atoms with Crippen LogP contribution in [0.25, 0.3) is 0 Å². The van der Waals surface area contributed by atoms with Gasteiger partial charge < -0.3 is 5.32 Å². The second kappa shape index (κ2) is 8.25. The Balaban J connectivity index is 2.88. The monoisotopic (exact) mass is 321 g/mol. The maximum atomic E-state index is 12.6. The lowest BCUT2D eigenvalue weighted by Gasteiger charge is -2.23. The van der Waals surface area contributed by atoms with E-state index in [1.165, 1.54) is 0 Å². The standard InChI is InChI=1S/C14H21Cl2NOS/c1-4-8-17-13(5-2)10(3)19(18)14-9-11(15)6-7-12(14)16/h6-7,9-10,13,17H,4-5,8H2,1-3H3. The average molecular weight is 322 g/mol. The molecule has 0 amide bonds. The molecule has 3 atom stereocenters. The van der Waals surface area contributed by atoms with Crippen LogP contribution in [0.3, 0.4) is 0 Å². The van der Waals surface area contributed by atoms with Crippen LogP contribution in [0.2, 0.25) is 10.0 Å². The van der Waals surface area contributed by atoms with Crippen molar-refractivity contribution < 1.29 is 4.21 Å². The smallest absolute Gasteiger partial charge is 0.0592 e. The van der Waals surface area contributed by atoms with Gasteiger partial charge in [0.1, 0.15) is 0 Å². The summed E-state index contributed by atoms with van der Waals surface area (Å²) < 4.78 is 12.6. The molecule has 0 heterocycles. The highest BCUT2D eigenvalue weighted by molar-refractivity contribution is 7.85. The molecule has 0 saturated carbocycles. The van der Waals surface area contributed by atoms with Gasteiger partial charge in [0.15, 0.2) is 0 Å². The first-order chi connectivity index (χ1) is 9.01.